The van der Waals surface area contributed by atoms with Gasteiger partial charge in [-0.1, -0.05) is 17.7 Å². The largest absolute Gasteiger partial charge is 0.423 e. The van der Waals surface area contributed by atoms with Gasteiger partial charge < -0.3 is 9.47 Å². The van der Waals surface area contributed by atoms with E-state index in [1.807, 2.05) is 6.92 Å². The van der Waals surface area contributed by atoms with Crippen LogP contribution in [0.5, 0.6) is 5.75 Å². The maximum absolute atomic E-state index is 12.0. The van der Waals surface area contributed by atoms with Gasteiger partial charge in [0.25, 0.3) is 0 Å². The van der Waals surface area contributed by atoms with Crippen molar-refractivity contribution in [2.75, 3.05) is 0 Å². The molecule has 0 fully saturated rings. The van der Waals surface area contributed by atoms with Crippen LogP contribution in [0.1, 0.15) is 36.6 Å². The number of carbonyl (C=O) groups is 3. The van der Waals surface area contributed by atoms with Crippen molar-refractivity contribution < 1.29 is 23.9 Å². The monoisotopic (exact) mass is 282 g/mol. The third-order valence-electron chi connectivity index (χ3n) is 3.11. The van der Waals surface area contributed by atoms with Crippen LogP contribution >= 0.6 is 0 Å². The molecule has 5 nitrogen and oxygen atoms in total. The summed E-state index contributed by atoms with van der Waals surface area (Å²) >= 11 is 0. The predicted octanol–water partition coefficient (Wildman–Crippen LogP) is 2.52. The van der Waals surface area contributed by atoms with Crippen LogP contribution in [0, 0.1) is 6.92 Å². The molecule has 0 unspecified atom stereocenters. The number of ether oxygens (including phenoxy) is 2. The van der Waals surface area contributed by atoms with Crippen molar-refractivity contribution in [2.24, 2.45) is 0 Å². The normalized spacial score (nSPS) is 12.8. The average Bonchev–Trinajstić information content (AvgIpc) is 2.74. The number of esters is 3. The lowest BCUT2D eigenvalue weighted by molar-refractivity contribution is 0.0442. The van der Waals surface area contributed by atoms with Crippen LogP contribution in [0.15, 0.2) is 42.5 Å². The van der Waals surface area contributed by atoms with Crippen LogP contribution in [0.2, 0.25) is 0 Å². The molecular formula is C16H10O5. The number of rotatable bonds is 2. The maximum Gasteiger partial charge on any atom is 0.347 e. The third-order valence-corrected chi connectivity index (χ3v) is 3.11. The van der Waals surface area contributed by atoms with Crippen LogP contribution in [-0.4, -0.2) is 17.9 Å². The fourth-order valence-electron chi connectivity index (χ4n) is 1.98. The molecule has 0 N–H and O–H groups in total. The summed E-state index contributed by atoms with van der Waals surface area (Å²) in [5, 5.41) is 0. The smallest absolute Gasteiger partial charge is 0.347 e. The SMILES string of the molecule is Cc1ccc(C(=O)Oc2ccc3c(c2)C(=O)OC3=O)cc1. The lowest BCUT2D eigenvalue weighted by Gasteiger charge is -2.05. The summed E-state index contributed by atoms with van der Waals surface area (Å²) in [6, 6.07) is 11.1. The number of hydrogen-bond donors (Lipinski definition) is 0. The Morgan fingerprint density at radius 2 is 1.62 bits per heavy atom. The first kappa shape index (κ1) is 13.1. The van der Waals surface area contributed by atoms with E-state index < -0.39 is 17.9 Å². The van der Waals surface area contributed by atoms with Crippen molar-refractivity contribution in [1.82, 2.24) is 0 Å². The van der Waals surface area contributed by atoms with Crippen molar-refractivity contribution in [3.05, 3.63) is 64.7 Å². The van der Waals surface area contributed by atoms with E-state index in [-0.39, 0.29) is 16.9 Å². The molecule has 0 atom stereocenters. The lowest BCUT2D eigenvalue weighted by Crippen LogP contribution is -2.08. The van der Waals surface area contributed by atoms with Crippen LogP contribution in [0.25, 0.3) is 0 Å². The van der Waals surface area contributed by atoms with Crippen LogP contribution in [-0.2, 0) is 4.74 Å². The van der Waals surface area contributed by atoms with Crippen molar-refractivity contribution in [3.8, 4) is 5.75 Å². The van der Waals surface area contributed by atoms with Crippen molar-refractivity contribution >= 4 is 17.9 Å². The van der Waals surface area contributed by atoms with Crippen molar-refractivity contribution in [2.45, 2.75) is 6.92 Å². The fourth-order valence-corrected chi connectivity index (χ4v) is 1.98. The highest BCUT2D eigenvalue weighted by molar-refractivity contribution is 6.14. The van der Waals surface area contributed by atoms with E-state index >= 15 is 0 Å². The highest BCUT2D eigenvalue weighted by atomic mass is 16.6. The van der Waals surface area contributed by atoms with Crippen LogP contribution in [0.4, 0.5) is 0 Å². The second kappa shape index (κ2) is 4.86. The highest BCUT2D eigenvalue weighted by Gasteiger charge is 2.30. The summed E-state index contributed by atoms with van der Waals surface area (Å²) in [5.41, 5.74) is 1.72. The molecule has 2 aromatic carbocycles. The summed E-state index contributed by atoms with van der Waals surface area (Å²) in [4.78, 5) is 34.7. The molecule has 0 saturated heterocycles. The highest BCUT2D eigenvalue weighted by Crippen LogP contribution is 2.25. The minimum Gasteiger partial charge on any atom is -0.423 e. The number of benzene rings is 2. The molecule has 5 heteroatoms. The fraction of sp³-hybridized carbons (Fsp3) is 0.0625. The quantitative estimate of drug-likeness (QED) is 0.481. The minimum absolute atomic E-state index is 0.106. The molecule has 0 saturated carbocycles. The van der Waals surface area contributed by atoms with Gasteiger partial charge in [0.05, 0.1) is 16.7 Å². The van der Waals surface area contributed by atoms with Gasteiger partial charge in [-0.05, 0) is 37.3 Å². The second-order valence-corrected chi connectivity index (χ2v) is 4.64. The summed E-state index contributed by atoms with van der Waals surface area (Å²) in [7, 11) is 0. The molecule has 1 heterocycles. The Hall–Kier alpha value is -2.95. The van der Waals surface area contributed by atoms with Gasteiger partial charge in [-0.15, -0.1) is 0 Å². The van der Waals surface area contributed by atoms with E-state index in [4.69, 9.17) is 4.74 Å². The standard InChI is InChI=1S/C16H10O5/c1-9-2-4-10(5-3-9)14(17)20-11-6-7-12-13(8-11)16(19)21-15(12)18/h2-8H,1H3. The molecule has 0 aliphatic carbocycles. The van der Waals surface area contributed by atoms with Crippen molar-refractivity contribution in [3.63, 3.8) is 0 Å². The zero-order chi connectivity index (χ0) is 15.0. The Kier molecular flexibility index (Phi) is 3.02. The molecule has 104 valence electrons. The first-order chi connectivity index (χ1) is 10.0. The second-order valence-electron chi connectivity index (χ2n) is 4.64. The lowest BCUT2D eigenvalue weighted by atomic mass is 10.1. The number of cyclic esters (lactones) is 2. The number of aryl methyl sites for hydroxylation is 1. The van der Waals surface area contributed by atoms with Gasteiger partial charge in [0.15, 0.2) is 0 Å². The van der Waals surface area contributed by atoms with E-state index in [9.17, 15) is 14.4 Å². The molecule has 3 rings (SSSR count). The Balaban J connectivity index is 1.84. The number of fused-ring (bicyclic) bond motifs is 1. The summed E-state index contributed by atoms with van der Waals surface area (Å²) < 4.78 is 9.66. The van der Waals surface area contributed by atoms with Gasteiger partial charge in [0.1, 0.15) is 5.75 Å². The molecule has 0 radical (unpaired) electrons. The molecule has 0 aromatic heterocycles. The Bertz CT molecular complexity index is 759. The molecule has 0 bridgehead atoms. The molecule has 1 aliphatic heterocycles. The topological polar surface area (TPSA) is 69.7 Å². The molecular weight excluding hydrogens is 272 g/mol. The van der Waals surface area contributed by atoms with Gasteiger partial charge in [0.2, 0.25) is 0 Å². The number of carbonyl (C=O) groups excluding carboxylic acids is 3. The van der Waals surface area contributed by atoms with Gasteiger partial charge in [-0.2, -0.15) is 0 Å². The van der Waals surface area contributed by atoms with Crippen LogP contribution in [0.3, 0.4) is 0 Å². The Morgan fingerprint density at radius 3 is 2.33 bits per heavy atom. The average molecular weight is 282 g/mol. The zero-order valence-electron chi connectivity index (χ0n) is 11.1. The predicted molar refractivity (Wildman–Crippen MR) is 72.3 cm³/mol. The molecule has 0 spiro atoms. The van der Waals surface area contributed by atoms with E-state index in [2.05, 4.69) is 4.74 Å². The van der Waals surface area contributed by atoms with E-state index in [1.165, 1.54) is 18.2 Å². The molecule has 0 amide bonds. The van der Waals surface area contributed by atoms with E-state index in [1.54, 1.807) is 24.3 Å². The first-order valence-electron chi connectivity index (χ1n) is 6.24. The third kappa shape index (κ3) is 2.41. The minimum atomic E-state index is -0.733. The molecule has 1 aliphatic rings. The van der Waals surface area contributed by atoms with Gasteiger partial charge >= 0.3 is 17.9 Å². The van der Waals surface area contributed by atoms with Gasteiger partial charge in [-0.3, -0.25) is 0 Å². The summed E-state index contributed by atoms with van der Waals surface area (Å²) in [6.07, 6.45) is 0. The summed E-state index contributed by atoms with van der Waals surface area (Å²) in [6.45, 7) is 1.91. The first-order valence-corrected chi connectivity index (χ1v) is 6.24. The van der Waals surface area contributed by atoms with E-state index in [0.29, 0.717) is 5.56 Å². The van der Waals surface area contributed by atoms with Gasteiger partial charge in [0, 0.05) is 0 Å². The Morgan fingerprint density at radius 1 is 0.952 bits per heavy atom. The maximum atomic E-state index is 12.0. The zero-order valence-corrected chi connectivity index (χ0v) is 11.1. The van der Waals surface area contributed by atoms with Crippen LogP contribution < -0.4 is 4.74 Å². The molecule has 2 aromatic rings. The van der Waals surface area contributed by atoms with Crippen molar-refractivity contribution in [1.29, 1.82) is 0 Å². The van der Waals surface area contributed by atoms with Gasteiger partial charge in [-0.25, -0.2) is 14.4 Å². The Labute approximate surface area is 120 Å². The number of hydrogen-bond acceptors (Lipinski definition) is 5. The van der Waals surface area contributed by atoms with E-state index in [0.717, 1.165) is 5.56 Å². The summed E-state index contributed by atoms with van der Waals surface area (Å²) in [5.74, 6) is -1.77. The molecule has 21 heavy (non-hydrogen) atoms.